The number of H-pyrrole nitrogens is 1. The third-order valence-electron chi connectivity index (χ3n) is 5.11. The van der Waals surface area contributed by atoms with Crippen molar-refractivity contribution in [2.75, 3.05) is 13.2 Å². The van der Waals surface area contributed by atoms with E-state index in [0.717, 1.165) is 35.0 Å². The van der Waals surface area contributed by atoms with Crippen LogP contribution in [0.1, 0.15) is 18.7 Å². The number of ether oxygens (including phenoxy) is 2. The molecule has 1 aromatic heterocycles. The third-order valence-corrected chi connectivity index (χ3v) is 6.94. The summed E-state index contributed by atoms with van der Waals surface area (Å²) in [5.41, 5.74) is 0.0121. The van der Waals surface area contributed by atoms with Crippen LogP contribution in [0.5, 0.6) is 5.75 Å². The van der Waals surface area contributed by atoms with Crippen LogP contribution < -0.4 is 10.3 Å². The number of sulfonamides is 1. The number of para-hydroxylation sites is 1. The summed E-state index contributed by atoms with van der Waals surface area (Å²) in [5.74, 6) is -0.398. The molecule has 4 rings (SSSR count). The number of nitrogens with zero attached hydrogens (tertiary/aromatic N) is 2. The van der Waals surface area contributed by atoms with Gasteiger partial charge in [-0.15, -0.1) is 13.2 Å². The molecule has 1 aliphatic heterocycles. The number of alkyl halides is 3. The van der Waals surface area contributed by atoms with E-state index >= 15 is 0 Å². The molecule has 12 heteroatoms. The highest BCUT2D eigenvalue weighted by molar-refractivity contribution is 7.89. The molecule has 1 unspecified atom stereocenters. The lowest BCUT2D eigenvalue weighted by molar-refractivity contribution is -0.274. The van der Waals surface area contributed by atoms with E-state index in [1.807, 2.05) is 0 Å². The quantitative estimate of drug-likeness (QED) is 0.554. The first-order valence-electron chi connectivity index (χ1n) is 10.1. The Bertz CT molecular complexity index is 1290. The molecule has 1 atom stereocenters. The minimum absolute atomic E-state index is 0.000324. The van der Waals surface area contributed by atoms with Crippen LogP contribution in [0.2, 0.25) is 0 Å². The average molecular weight is 483 g/mol. The molecular formula is C21H20F3N3O5S. The van der Waals surface area contributed by atoms with E-state index in [-0.39, 0.29) is 29.9 Å². The van der Waals surface area contributed by atoms with E-state index in [2.05, 4.69) is 14.7 Å². The van der Waals surface area contributed by atoms with E-state index in [9.17, 15) is 26.4 Å². The molecule has 1 aliphatic rings. The second-order valence-corrected chi connectivity index (χ2v) is 9.42. The number of hydrogen-bond acceptors (Lipinski definition) is 6. The maximum atomic E-state index is 13.4. The van der Waals surface area contributed by atoms with Crippen molar-refractivity contribution in [3.63, 3.8) is 0 Å². The molecule has 176 valence electrons. The topological polar surface area (TPSA) is 102 Å². The van der Waals surface area contributed by atoms with Gasteiger partial charge < -0.3 is 14.5 Å². The van der Waals surface area contributed by atoms with E-state index < -0.39 is 27.7 Å². The standard InChI is InChI=1S/C21H20F3N3O5S/c22-21(23,24)32-14-7-9-16(10-8-14)33(29,30)27(12-15-4-3-11-31-15)13-19-25-18-6-2-1-5-17(18)20(28)26-19/h1-2,5-10,15H,3-4,11-13H2,(H,25,26,28). The SMILES string of the molecule is O=c1[nH]c(CN(CC2CCCO2)S(=O)(=O)c2ccc(OC(F)(F)F)cc2)nc2ccccc12. The van der Waals surface area contributed by atoms with Crippen LogP contribution in [0.3, 0.4) is 0 Å². The lowest BCUT2D eigenvalue weighted by Crippen LogP contribution is -2.37. The van der Waals surface area contributed by atoms with Crippen molar-refractivity contribution in [3.8, 4) is 5.75 Å². The van der Waals surface area contributed by atoms with Gasteiger partial charge in [-0.1, -0.05) is 12.1 Å². The monoisotopic (exact) mass is 483 g/mol. The fraction of sp³-hybridized carbons (Fsp3) is 0.333. The smallest absolute Gasteiger partial charge is 0.406 e. The minimum Gasteiger partial charge on any atom is -0.406 e. The van der Waals surface area contributed by atoms with E-state index in [1.165, 1.54) is 0 Å². The van der Waals surface area contributed by atoms with Gasteiger partial charge in [0.25, 0.3) is 5.56 Å². The second kappa shape index (κ2) is 9.12. The highest BCUT2D eigenvalue weighted by Gasteiger charge is 2.32. The number of halogens is 3. The number of hydrogen-bond donors (Lipinski definition) is 1. The Balaban J connectivity index is 1.65. The number of fused-ring (bicyclic) bond motifs is 1. The molecule has 1 N–H and O–H groups in total. The Labute approximate surface area is 187 Å². The van der Waals surface area contributed by atoms with Crippen LogP contribution in [0.15, 0.2) is 58.2 Å². The molecule has 0 bridgehead atoms. The lowest BCUT2D eigenvalue weighted by Gasteiger charge is -2.24. The molecule has 0 spiro atoms. The van der Waals surface area contributed by atoms with Crippen molar-refractivity contribution in [1.82, 2.24) is 14.3 Å². The van der Waals surface area contributed by atoms with Crippen molar-refractivity contribution in [3.05, 3.63) is 64.7 Å². The largest absolute Gasteiger partial charge is 0.573 e. The van der Waals surface area contributed by atoms with Gasteiger partial charge in [0.15, 0.2) is 0 Å². The predicted octanol–water partition coefficient (Wildman–Crippen LogP) is 3.19. The van der Waals surface area contributed by atoms with E-state index in [1.54, 1.807) is 24.3 Å². The van der Waals surface area contributed by atoms with Crippen molar-refractivity contribution in [1.29, 1.82) is 0 Å². The minimum atomic E-state index is -4.89. The maximum Gasteiger partial charge on any atom is 0.573 e. The van der Waals surface area contributed by atoms with Crippen LogP contribution in [-0.4, -0.2) is 48.3 Å². The first kappa shape index (κ1) is 23.2. The molecule has 0 radical (unpaired) electrons. The average Bonchev–Trinajstić information content (AvgIpc) is 3.26. The zero-order chi connectivity index (χ0) is 23.6. The molecule has 33 heavy (non-hydrogen) atoms. The maximum absolute atomic E-state index is 13.4. The zero-order valence-corrected chi connectivity index (χ0v) is 18.0. The molecule has 8 nitrogen and oxygen atoms in total. The second-order valence-electron chi connectivity index (χ2n) is 7.48. The summed E-state index contributed by atoms with van der Waals surface area (Å²) in [7, 11) is -4.16. The molecule has 1 saturated heterocycles. The number of aromatic amines is 1. The third kappa shape index (κ3) is 5.52. The first-order valence-corrected chi connectivity index (χ1v) is 11.5. The van der Waals surface area contributed by atoms with Crippen LogP contribution in [0.4, 0.5) is 13.2 Å². The normalized spacial score (nSPS) is 17.0. The van der Waals surface area contributed by atoms with Crippen molar-refractivity contribution in [2.24, 2.45) is 0 Å². The lowest BCUT2D eigenvalue weighted by atomic mass is 10.2. The molecule has 2 heterocycles. The van der Waals surface area contributed by atoms with Crippen LogP contribution in [0.25, 0.3) is 10.9 Å². The summed E-state index contributed by atoms with van der Waals surface area (Å²) in [5, 5.41) is 0.370. The summed E-state index contributed by atoms with van der Waals surface area (Å²) >= 11 is 0. The van der Waals surface area contributed by atoms with Crippen molar-refractivity contribution in [2.45, 2.75) is 36.7 Å². The van der Waals surface area contributed by atoms with Gasteiger partial charge in [-0.2, -0.15) is 4.31 Å². The van der Waals surface area contributed by atoms with Crippen LogP contribution >= 0.6 is 0 Å². The molecular weight excluding hydrogens is 463 g/mol. The molecule has 0 aliphatic carbocycles. The number of aromatic nitrogens is 2. The van der Waals surface area contributed by atoms with E-state index in [0.29, 0.717) is 23.9 Å². The van der Waals surface area contributed by atoms with Gasteiger partial charge in [-0.25, -0.2) is 13.4 Å². The van der Waals surface area contributed by atoms with Gasteiger partial charge in [0.05, 0.1) is 28.4 Å². The predicted molar refractivity (Wildman–Crippen MR) is 112 cm³/mol. The molecule has 0 amide bonds. The van der Waals surface area contributed by atoms with Gasteiger partial charge >= 0.3 is 6.36 Å². The first-order chi connectivity index (χ1) is 15.6. The number of benzene rings is 2. The van der Waals surface area contributed by atoms with Crippen LogP contribution in [0, 0.1) is 0 Å². The Kier molecular flexibility index (Phi) is 6.41. The fourth-order valence-electron chi connectivity index (χ4n) is 3.60. The molecule has 0 saturated carbocycles. The molecule has 3 aromatic rings. The molecule has 1 fully saturated rings. The van der Waals surface area contributed by atoms with Gasteiger partial charge in [0, 0.05) is 13.2 Å². The summed E-state index contributed by atoms with van der Waals surface area (Å²) in [6, 6.07) is 10.6. The van der Waals surface area contributed by atoms with Gasteiger partial charge in [-0.3, -0.25) is 4.79 Å². The van der Waals surface area contributed by atoms with Crippen LogP contribution in [-0.2, 0) is 21.3 Å². The van der Waals surface area contributed by atoms with Gasteiger partial charge in [0.1, 0.15) is 11.6 Å². The van der Waals surface area contributed by atoms with E-state index in [4.69, 9.17) is 4.74 Å². The Morgan fingerprint density at radius 1 is 1.15 bits per heavy atom. The Morgan fingerprint density at radius 2 is 1.88 bits per heavy atom. The fourth-order valence-corrected chi connectivity index (χ4v) is 5.04. The van der Waals surface area contributed by atoms with Gasteiger partial charge in [0.2, 0.25) is 10.0 Å². The highest BCUT2D eigenvalue weighted by atomic mass is 32.2. The van der Waals surface area contributed by atoms with Crippen molar-refractivity contribution >= 4 is 20.9 Å². The Morgan fingerprint density at radius 3 is 2.55 bits per heavy atom. The summed E-state index contributed by atoms with van der Waals surface area (Å²) in [6.07, 6.45) is -3.79. The van der Waals surface area contributed by atoms with Gasteiger partial charge in [-0.05, 0) is 49.2 Å². The van der Waals surface area contributed by atoms with Crippen molar-refractivity contribution < 1.29 is 31.1 Å². The zero-order valence-electron chi connectivity index (χ0n) is 17.2. The summed E-state index contributed by atoms with van der Waals surface area (Å²) < 4.78 is 74.5. The highest BCUT2D eigenvalue weighted by Crippen LogP contribution is 2.26. The number of nitrogens with one attached hydrogen (secondary N) is 1. The number of rotatable bonds is 7. The summed E-state index contributed by atoms with van der Waals surface area (Å²) in [4.78, 5) is 19.1. The summed E-state index contributed by atoms with van der Waals surface area (Å²) in [6.45, 7) is 0.260. The Hall–Kier alpha value is -2.96. The molecule has 2 aromatic carbocycles.